The molecule has 0 saturated carbocycles. The van der Waals surface area contributed by atoms with Crippen LogP contribution < -0.4 is 10.1 Å². The van der Waals surface area contributed by atoms with Crippen molar-refractivity contribution in [3.8, 4) is 5.88 Å². The maximum absolute atomic E-state index is 11.6. The number of benzene rings is 1. The van der Waals surface area contributed by atoms with E-state index in [2.05, 4.69) is 20.3 Å². The molecule has 3 N–H and O–H groups in total. The van der Waals surface area contributed by atoms with Gasteiger partial charge in [0, 0.05) is 23.0 Å². The van der Waals surface area contributed by atoms with Gasteiger partial charge in [-0.3, -0.25) is 24.8 Å². The number of aliphatic hydroxyl groups excluding tert-OH is 2. The number of hydrogen-bond acceptors (Lipinski definition) is 10. The highest BCUT2D eigenvalue weighted by Crippen LogP contribution is 2.35. The molecule has 1 aliphatic heterocycles. The second kappa shape index (κ2) is 9.73. The predicted molar refractivity (Wildman–Crippen MR) is 126 cm³/mol. The SMILES string of the molecule is CC(=O)Nc1nc(OC(C)c2ccc(I)cc2[N+](=O)[O-])c2ncn([C@H]3C[C@H](O)[C@@H](CO)O3)c2n1. The number of aliphatic hydroxyl groups is 2. The molecule has 4 rings (SSSR count). The molecule has 0 spiro atoms. The molecule has 14 heteroatoms. The molecule has 0 aliphatic carbocycles. The van der Waals surface area contributed by atoms with Gasteiger partial charge in [0.25, 0.3) is 5.69 Å². The highest BCUT2D eigenvalue weighted by atomic mass is 127. The molecule has 1 amide bonds. The van der Waals surface area contributed by atoms with E-state index in [1.807, 2.05) is 22.6 Å². The molecular formula is C20H21IN6O7. The summed E-state index contributed by atoms with van der Waals surface area (Å²) in [6, 6.07) is 4.79. The third kappa shape index (κ3) is 4.79. The molecule has 1 saturated heterocycles. The van der Waals surface area contributed by atoms with Crippen molar-refractivity contribution in [2.24, 2.45) is 0 Å². The number of carbonyl (C=O) groups is 1. The average molecular weight is 584 g/mol. The minimum absolute atomic E-state index is 0.00472. The van der Waals surface area contributed by atoms with E-state index >= 15 is 0 Å². The fourth-order valence-electron chi connectivity index (χ4n) is 3.70. The topological polar surface area (TPSA) is 175 Å². The lowest BCUT2D eigenvalue weighted by atomic mass is 10.1. The maximum Gasteiger partial charge on any atom is 0.277 e. The van der Waals surface area contributed by atoms with Crippen molar-refractivity contribution in [2.45, 2.75) is 44.8 Å². The van der Waals surface area contributed by atoms with E-state index in [4.69, 9.17) is 9.47 Å². The summed E-state index contributed by atoms with van der Waals surface area (Å²) in [5.74, 6) is -0.464. The molecule has 3 heterocycles. The highest BCUT2D eigenvalue weighted by molar-refractivity contribution is 14.1. The van der Waals surface area contributed by atoms with Gasteiger partial charge in [-0.2, -0.15) is 9.97 Å². The molecule has 3 aromatic rings. The molecule has 1 aromatic carbocycles. The van der Waals surface area contributed by atoms with Crippen molar-refractivity contribution < 1.29 is 29.4 Å². The van der Waals surface area contributed by atoms with Crippen LogP contribution in [0.15, 0.2) is 24.5 Å². The zero-order chi connectivity index (χ0) is 24.6. The Labute approximate surface area is 206 Å². The second-order valence-electron chi connectivity index (χ2n) is 7.69. The molecule has 1 fully saturated rings. The largest absolute Gasteiger partial charge is 0.468 e. The van der Waals surface area contributed by atoms with Gasteiger partial charge in [-0.1, -0.05) is 0 Å². The van der Waals surface area contributed by atoms with Crippen LogP contribution in [-0.2, 0) is 9.53 Å². The van der Waals surface area contributed by atoms with E-state index in [9.17, 15) is 25.1 Å². The Morgan fingerprint density at radius 2 is 2.24 bits per heavy atom. The van der Waals surface area contributed by atoms with Crippen molar-refractivity contribution in [3.05, 3.63) is 43.8 Å². The van der Waals surface area contributed by atoms with E-state index in [0.717, 1.165) is 0 Å². The number of anilines is 1. The predicted octanol–water partition coefficient (Wildman–Crippen LogP) is 2.08. The number of aromatic nitrogens is 4. The number of nitro groups is 1. The first-order valence-corrected chi connectivity index (χ1v) is 11.3. The van der Waals surface area contributed by atoms with Gasteiger partial charge in [-0.05, 0) is 41.6 Å². The lowest BCUT2D eigenvalue weighted by Crippen LogP contribution is -2.24. The molecule has 1 unspecified atom stereocenters. The number of amides is 1. The maximum atomic E-state index is 11.6. The quantitative estimate of drug-likeness (QED) is 0.212. The number of fused-ring (bicyclic) bond motifs is 1. The Hall–Kier alpha value is -2.95. The minimum atomic E-state index is -0.874. The van der Waals surface area contributed by atoms with Crippen LogP contribution in [0.5, 0.6) is 5.88 Å². The van der Waals surface area contributed by atoms with E-state index in [-0.39, 0.29) is 41.7 Å². The molecular weight excluding hydrogens is 563 g/mol. The third-order valence-corrected chi connectivity index (χ3v) is 5.96. The number of nitro benzene ring substituents is 1. The second-order valence-corrected chi connectivity index (χ2v) is 8.94. The number of halogens is 1. The van der Waals surface area contributed by atoms with Gasteiger partial charge < -0.3 is 19.7 Å². The third-order valence-electron chi connectivity index (χ3n) is 5.29. The van der Waals surface area contributed by atoms with Gasteiger partial charge in [0.05, 0.1) is 29.5 Å². The Bertz CT molecular complexity index is 1250. The smallest absolute Gasteiger partial charge is 0.277 e. The number of hydrogen-bond donors (Lipinski definition) is 3. The zero-order valence-corrected chi connectivity index (χ0v) is 20.2. The molecule has 0 bridgehead atoms. The number of nitrogens with one attached hydrogen (secondary N) is 1. The van der Waals surface area contributed by atoms with Gasteiger partial charge in [0.1, 0.15) is 18.4 Å². The molecule has 34 heavy (non-hydrogen) atoms. The van der Waals surface area contributed by atoms with Crippen molar-refractivity contribution in [2.75, 3.05) is 11.9 Å². The molecule has 180 valence electrons. The van der Waals surface area contributed by atoms with Crippen molar-refractivity contribution in [1.29, 1.82) is 0 Å². The van der Waals surface area contributed by atoms with Crippen LogP contribution in [0, 0.1) is 13.7 Å². The first-order valence-electron chi connectivity index (χ1n) is 10.2. The lowest BCUT2D eigenvalue weighted by molar-refractivity contribution is -0.386. The fourth-order valence-corrected chi connectivity index (χ4v) is 4.17. The van der Waals surface area contributed by atoms with Crippen LogP contribution in [0.1, 0.15) is 38.2 Å². The molecule has 0 radical (unpaired) electrons. The zero-order valence-electron chi connectivity index (χ0n) is 18.1. The molecule has 13 nitrogen and oxygen atoms in total. The van der Waals surface area contributed by atoms with Gasteiger partial charge in [-0.15, -0.1) is 0 Å². The summed E-state index contributed by atoms with van der Waals surface area (Å²) >= 11 is 1.99. The average Bonchev–Trinajstić information content (AvgIpc) is 3.36. The van der Waals surface area contributed by atoms with Crippen LogP contribution in [0.4, 0.5) is 11.6 Å². The van der Waals surface area contributed by atoms with Crippen LogP contribution in [0.25, 0.3) is 11.2 Å². The summed E-state index contributed by atoms with van der Waals surface area (Å²) in [6.45, 7) is 2.59. The Kier molecular flexibility index (Phi) is 6.92. The fraction of sp³-hybridized carbons (Fsp3) is 0.400. The summed E-state index contributed by atoms with van der Waals surface area (Å²) in [7, 11) is 0. The molecule has 1 aliphatic rings. The van der Waals surface area contributed by atoms with E-state index in [1.165, 1.54) is 19.3 Å². The van der Waals surface area contributed by atoms with Crippen LogP contribution >= 0.6 is 22.6 Å². The Morgan fingerprint density at radius 3 is 2.88 bits per heavy atom. The summed E-state index contributed by atoms with van der Waals surface area (Å²) in [4.78, 5) is 35.6. The van der Waals surface area contributed by atoms with Crippen molar-refractivity contribution in [1.82, 2.24) is 19.5 Å². The summed E-state index contributed by atoms with van der Waals surface area (Å²) in [5, 5.41) is 33.5. The van der Waals surface area contributed by atoms with Gasteiger partial charge in [-0.25, -0.2) is 4.98 Å². The normalized spacial score (nSPS) is 20.9. The number of ether oxygens (including phenoxy) is 2. The van der Waals surface area contributed by atoms with E-state index in [1.54, 1.807) is 23.6 Å². The van der Waals surface area contributed by atoms with Crippen LogP contribution in [-0.4, -0.2) is 59.4 Å². The van der Waals surface area contributed by atoms with Gasteiger partial charge in [0.2, 0.25) is 17.7 Å². The van der Waals surface area contributed by atoms with Gasteiger partial charge >= 0.3 is 0 Å². The van der Waals surface area contributed by atoms with E-state index in [0.29, 0.717) is 9.13 Å². The lowest BCUT2D eigenvalue weighted by Gasteiger charge is -2.17. The summed E-state index contributed by atoms with van der Waals surface area (Å²) in [5.41, 5.74) is 0.736. The number of rotatable bonds is 7. The number of carbonyl (C=O) groups excluding carboxylic acids is 1. The van der Waals surface area contributed by atoms with Crippen LogP contribution in [0.3, 0.4) is 0 Å². The van der Waals surface area contributed by atoms with Crippen LogP contribution in [0.2, 0.25) is 0 Å². The molecule has 4 atom stereocenters. The summed E-state index contributed by atoms with van der Waals surface area (Å²) < 4.78 is 13.9. The number of nitrogens with zero attached hydrogens (tertiary/aromatic N) is 5. The standard InChI is InChI=1S/C20H21IN6O7/c1-9(12-4-3-11(21)5-13(12)27(31)32)33-19-17-18(24-20(25-19)23-10(2)29)26(8-22-17)16-6-14(30)15(7-28)34-16/h3-5,8-9,14-16,28,30H,6-7H2,1-2H3,(H,23,24,25,29)/t9?,14-,15+,16+/m0/s1. The number of imidazole rings is 1. The molecule has 2 aromatic heterocycles. The minimum Gasteiger partial charge on any atom is -0.468 e. The first-order chi connectivity index (χ1) is 16.2. The van der Waals surface area contributed by atoms with E-state index < -0.39 is 35.4 Å². The Morgan fingerprint density at radius 1 is 1.47 bits per heavy atom. The monoisotopic (exact) mass is 584 g/mol. The Balaban J connectivity index is 1.75. The highest BCUT2D eigenvalue weighted by Gasteiger charge is 2.36. The summed E-state index contributed by atoms with van der Waals surface area (Å²) in [6.07, 6.45) is -1.46. The van der Waals surface area contributed by atoms with Crippen molar-refractivity contribution in [3.63, 3.8) is 0 Å². The van der Waals surface area contributed by atoms with Gasteiger partial charge in [0.15, 0.2) is 11.2 Å². The first kappa shape index (κ1) is 24.2. The van der Waals surface area contributed by atoms with Crippen molar-refractivity contribution >= 4 is 51.3 Å².